The minimum absolute atomic E-state index is 0.135. The Morgan fingerprint density at radius 3 is 3.09 bits per heavy atom. The molecule has 0 aliphatic carbocycles. The first-order chi connectivity index (χ1) is 10.8. The average molecular weight is 321 g/mol. The van der Waals surface area contributed by atoms with E-state index in [4.69, 9.17) is 9.47 Å². The standard InChI is InChI=1S/C17H23NO3S/c1-2-22-12-8-16(19)18-9-4-6-14(18)13-5-3-7-15-17(13)21-11-10-20-15/h3,5,7,14H,2,4,6,8-12H2,1H3/t14-/m1/s1. The van der Waals surface area contributed by atoms with E-state index in [1.54, 1.807) is 0 Å². The number of likely N-dealkylation sites (tertiary alicyclic amines) is 1. The summed E-state index contributed by atoms with van der Waals surface area (Å²) in [7, 11) is 0. The van der Waals surface area contributed by atoms with Gasteiger partial charge in [0.15, 0.2) is 11.5 Å². The van der Waals surface area contributed by atoms with Crippen LogP contribution in [0.3, 0.4) is 0 Å². The number of thioether (sulfide) groups is 1. The van der Waals surface area contributed by atoms with Crippen LogP contribution in [0.15, 0.2) is 18.2 Å². The molecule has 3 rings (SSSR count). The van der Waals surface area contributed by atoms with E-state index in [9.17, 15) is 4.79 Å². The number of hydrogen-bond acceptors (Lipinski definition) is 4. The molecule has 2 heterocycles. The van der Waals surface area contributed by atoms with Crippen molar-refractivity contribution in [2.45, 2.75) is 32.2 Å². The Kier molecular flexibility index (Phi) is 5.13. The van der Waals surface area contributed by atoms with Crippen molar-refractivity contribution in [3.8, 4) is 11.5 Å². The molecule has 2 aliphatic rings. The molecular weight excluding hydrogens is 298 g/mol. The summed E-state index contributed by atoms with van der Waals surface area (Å²) in [4.78, 5) is 14.5. The van der Waals surface area contributed by atoms with Crippen LogP contribution >= 0.6 is 11.8 Å². The molecule has 1 fully saturated rings. The van der Waals surface area contributed by atoms with Crippen LogP contribution in [-0.4, -0.2) is 42.1 Å². The highest BCUT2D eigenvalue weighted by Crippen LogP contribution is 2.42. The summed E-state index contributed by atoms with van der Waals surface area (Å²) < 4.78 is 11.5. The third-order valence-electron chi connectivity index (χ3n) is 4.19. The fourth-order valence-electron chi connectivity index (χ4n) is 3.19. The number of carbonyl (C=O) groups excluding carboxylic acids is 1. The second-order valence-electron chi connectivity index (χ2n) is 5.56. The Balaban J connectivity index is 1.77. The van der Waals surface area contributed by atoms with Crippen LogP contribution in [-0.2, 0) is 4.79 Å². The zero-order valence-electron chi connectivity index (χ0n) is 13.0. The molecule has 0 radical (unpaired) electrons. The van der Waals surface area contributed by atoms with Gasteiger partial charge in [-0.1, -0.05) is 19.1 Å². The van der Waals surface area contributed by atoms with Crippen molar-refractivity contribution in [2.24, 2.45) is 0 Å². The summed E-state index contributed by atoms with van der Waals surface area (Å²) in [6.07, 6.45) is 2.69. The first-order valence-corrected chi connectivity index (χ1v) is 9.22. The minimum Gasteiger partial charge on any atom is -0.486 e. The van der Waals surface area contributed by atoms with E-state index in [1.807, 2.05) is 28.8 Å². The maximum Gasteiger partial charge on any atom is 0.223 e. The molecular formula is C17H23NO3S. The van der Waals surface area contributed by atoms with Gasteiger partial charge in [-0.2, -0.15) is 11.8 Å². The molecule has 0 spiro atoms. The zero-order chi connectivity index (χ0) is 15.4. The highest BCUT2D eigenvalue weighted by molar-refractivity contribution is 7.99. The SMILES string of the molecule is CCSCCC(=O)N1CCC[C@@H]1c1cccc2c1OCCO2. The van der Waals surface area contributed by atoms with Gasteiger partial charge in [-0.3, -0.25) is 4.79 Å². The molecule has 1 atom stereocenters. The Morgan fingerprint density at radius 1 is 1.36 bits per heavy atom. The fraction of sp³-hybridized carbons (Fsp3) is 0.588. The predicted octanol–water partition coefficient (Wildman–Crippen LogP) is 3.26. The lowest BCUT2D eigenvalue weighted by Crippen LogP contribution is -2.31. The lowest BCUT2D eigenvalue weighted by Gasteiger charge is -2.29. The van der Waals surface area contributed by atoms with Crippen LogP contribution < -0.4 is 9.47 Å². The molecule has 0 aromatic heterocycles. The molecule has 120 valence electrons. The third-order valence-corrected chi connectivity index (χ3v) is 5.09. The van der Waals surface area contributed by atoms with Crippen LogP contribution in [0.5, 0.6) is 11.5 Å². The molecule has 5 heteroatoms. The Labute approximate surface area is 136 Å². The summed E-state index contributed by atoms with van der Waals surface area (Å²) in [5, 5.41) is 0. The summed E-state index contributed by atoms with van der Waals surface area (Å²) in [6, 6.07) is 6.15. The minimum atomic E-state index is 0.135. The summed E-state index contributed by atoms with van der Waals surface area (Å²) in [6.45, 7) is 4.15. The van der Waals surface area contributed by atoms with Crippen molar-refractivity contribution < 1.29 is 14.3 Å². The fourth-order valence-corrected chi connectivity index (χ4v) is 3.80. The van der Waals surface area contributed by atoms with Crippen LogP contribution in [0.2, 0.25) is 0 Å². The van der Waals surface area contributed by atoms with Crippen LogP contribution in [0.4, 0.5) is 0 Å². The lowest BCUT2D eigenvalue weighted by molar-refractivity contribution is -0.131. The molecule has 0 saturated carbocycles. The van der Waals surface area contributed by atoms with Crippen molar-refractivity contribution in [3.63, 3.8) is 0 Å². The largest absolute Gasteiger partial charge is 0.486 e. The van der Waals surface area contributed by atoms with Gasteiger partial charge in [0.2, 0.25) is 5.91 Å². The number of para-hydroxylation sites is 1. The normalized spacial score (nSPS) is 20.2. The number of amides is 1. The Hall–Kier alpha value is -1.36. The molecule has 0 bridgehead atoms. The number of fused-ring (bicyclic) bond motifs is 1. The third kappa shape index (κ3) is 3.19. The van der Waals surface area contributed by atoms with Gasteiger partial charge in [-0.25, -0.2) is 0 Å². The molecule has 2 aliphatic heterocycles. The van der Waals surface area contributed by atoms with E-state index < -0.39 is 0 Å². The quantitative estimate of drug-likeness (QED) is 0.780. The van der Waals surface area contributed by atoms with Crippen molar-refractivity contribution in [2.75, 3.05) is 31.3 Å². The summed E-state index contributed by atoms with van der Waals surface area (Å²) in [5.74, 6) is 3.88. The number of hydrogen-bond donors (Lipinski definition) is 0. The Morgan fingerprint density at radius 2 is 2.23 bits per heavy atom. The van der Waals surface area contributed by atoms with Gasteiger partial charge in [0.25, 0.3) is 0 Å². The zero-order valence-corrected chi connectivity index (χ0v) is 13.9. The molecule has 0 N–H and O–H groups in total. The topological polar surface area (TPSA) is 38.8 Å². The lowest BCUT2D eigenvalue weighted by atomic mass is 10.0. The average Bonchev–Trinajstić information content (AvgIpc) is 3.04. The molecule has 1 saturated heterocycles. The van der Waals surface area contributed by atoms with Gasteiger partial charge in [0, 0.05) is 24.3 Å². The second kappa shape index (κ2) is 7.27. The van der Waals surface area contributed by atoms with E-state index in [1.165, 1.54) is 0 Å². The van der Waals surface area contributed by atoms with E-state index in [0.29, 0.717) is 19.6 Å². The number of ether oxygens (including phenoxy) is 2. The number of rotatable bonds is 5. The van der Waals surface area contributed by atoms with Gasteiger partial charge < -0.3 is 14.4 Å². The molecule has 22 heavy (non-hydrogen) atoms. The Bertz CT molecular complexity index is 535. The maximum absolute atomic E-state index is 12.5. The van der Waals surface area contributed by atoms with Gasteiger partial charge in [0.05, 0.1) is 6.04 Å². The van der Waals surface area contributed by atoms with E-state index in [0.717, 1.165) is 48.0 Å². The van der Waals surface area contributed by atoms with Gasteiger partial charge >= 0.3 is 0 Å². The van der Waals surface area contributed by atoms with Crippen molar-refractivity contribution in [1.82, 2.24) is 4.90 Å². The summed E-state index contributed by atoms with van der Waals surface area (Å²) in [5.41, 5.74) is 1.10. The maximum atomic E-state index is 12.5. The van der Waals surface area contributed by atoms with Crippen molar-refractivity contribution >= 4 is 17.7 Å². The van der Waals surface area contributed by atoms with Crippen LogP contribution in [0.1, 0.15) is 37.8 Å². The van der Waals surface area contributed by atoms with E-state index >= 15 is 0 Å². The highest BCUT2D eigenvalue weighted by atomic mass is 32.2. The number of carbonyl (C=O) groups is 1. The molecule has 1 aromatic rings. The first-order valence-electron chi connectivity index (χ1n) is 8.07. The number of nitrogens with zero attached hydrogens (tertiary/aromatic N) is 1. The van der Waals surface area contributed by atoms with Gasteiger partial charge in [-0.15, -0.1) is 0 Å². The van der Waals surface area contributed by atoms with Gasteiger partial charge in [0.1, 0.15) is 13.2 Å². The van der Waals surface area contributed by atoms with Crippen LogP contribution in [0.25, 0.3) is 0 Å². The molecule has 1 amide bonds. The van der Waals surface area contributed by atoms with E-state index in [2.05, 4.69) is 13.0 Å². The molecule has 0 unspecified atom stereocenters. The number of benzene rings is 1. The van der Waals surface area contributed by atoms with Crippen molar-refractivity contribution in [3.05, 3.63) is 23.8 Å². The van der Waals surface area contributed by atoms with Gasteiger partial charge in [-0.05, 0) is 24.7 Å². The second-order valence-corrected chi connectivity index (χ2v) is 6.96. The predicted molar refractivity (Wildman–Crippen MR) is 88.7 cm³/mol. The highest BCUT2D eigenvalue weighted by Gasteiger charge is 2.33. The smallest absolute Gasteiger partial charge is 0.223 e. The monoisotopic (exact) mass is 321 g/mol. The van der Waals surface area contributed by atoms with Crippen LogP contribution in [0, 0.1) is 0 Å². The molecule has 4 nitrogen and oxygen atoms in total. The summed E-state index contributed by atoms with van der Waals surface area (Å²) >= 11 is 1.82. The van der Waals surface area contributed by atoms with Crippen molar-refractivity contribution in [1.29, 1.82) is 0 Å². The van der Waals surface area contributed by atoms with E-state index in [-0.39, 0.29) is 11.9 Å². The molecule has 1 aromatic carbocycles. The first kappa shape index (κ1) is 15.5.